The minimum absolute atomic E-state index is 0.936. The minimum Gasteiger partial charge on any atom is -0.500 e. The molecule has 7 heteroatoms. The van der Waals surface area contributed by atoms with Crippen molar-refractivity contribution < 1.29 is 30.0 Å². The summed E-state index contributed by atoms with van der Waals surface area (Å²) in [6, 6.07) is 0. The molecular formula is C6H8O6S. The Balaban J connectivity index is 4.62. The van der Waals surface area contributed by atoms with Crippen LogP contribution in [0.25, 0.3) is 0 Å². The fraction of sp³-hybridized carbons (Fsp3) is 0.500. The fourth-order valence-electron chi connectivity index (χ4n) is 0.714. The Morgan fingerprint density at radius 3 is 1.54 bits per heavy atom. The molecule has 0 bridgehead atoms. The number of hydrogen-bond acceptors (Lipinski definition) is 4. The molecule has 0 aliphatic heterocycles. The Hall–Kier alpha value is -1.21. The maximum Gasteiger partial charge on any atom is 0.306 e. The van der Waals surface area contributed by atoms with Gasteiger partial charge in [-0.05, 0) is 12.2 Å². The Labute approximate surface area is 78.4 Å². The number of carbonyl (C=O) groups is 2. The van der Waals surface area contributed by atoms with Crippen molar-refractivity contribution in [2.24, 2.45) is 0 Å². The van der Waals surface area contributed by atoms with Crippen LogP contribution in [0.2, 0.25) is 0 Å². The molecule has 0 aliphatic carbocycles. The summed E-state index contributed by atoms with van der Waals surface area (Å²) in [7, 11) is 0. The summed E-state index contributed by atoms with van der Waals surface area (Å²) in [4.78, 5) is 20.4. The highest BCUT2D eigenvalue weighted by Crippen LogP contribution is 2.16. The van der Waals surface area contributed by atoms with Gasteiger partial charge in [-0.2, -0.15) is 0 Å². The Bertz CT molecular complexity index is 232. The summed E-state index contributed by atoms with van der Waals surface area (Å²) in [6.45, 7) is 0. The van der Waals surface area contributed by atoms with E-state index in [0.29, 0.717) is 0 Å². The van der Waals surface area contributed by atoms with Crippen molar-refractivity contribution in [2.75, 3.05) is 0 Å². The molecule has 0 radical (unpaired) electrons. The van der Waals surface area contributed by atoms with Crippen LogP contribution in [0.1, 0.15) is 12.8 Å². The zero-order valence-corrected chi connectivity index (χ0v) is 7.24. The summed E-state index contributed by atoms with van der Waals surface area (Å²) in [6.07, 6.45) is -1.87. The van der Waals surface area contributed by atoms with Crippen LogP contribution in [0.4, 0.5) is 0 Å². The van der Waals surface area contributed by atoms with Gasteiger partial charge in [0.1, 0.15) is 0 Å². The molecule has 0 atom stereocenters. The van der Waals surface area contributed by atoms with Crippen LogP contribution >= 0.6 is 12.2 Å². The molecule has 74 valence electrons. The molecule has 0 fully saturated rings. The molecule has 13 heavy (non-hydrogen) atoms. The first-order valence-electron chi connectivity index (χ1n) is 3.17. The second kappa shape index (κ2) is 4.15. The van der Waals surface area contributed by atoms with Gasteiger partial charge in [0.05, 0.1) is 12.8 Å². The predicted octanol–water partition coefficient (Wildman–Crippen LogP) is -0.448. The van der Waals surface area contributed by atoms with Crippen LogP contribution in [0, 0.1) is 0 Å². The normalized spacial score (nSPS) is 10.8. The summed E-state index contributed by atoms with van der Waals surface area (Å²) < 4.78 is 0. The highest BCUT2D eigenvalue weighted by atomic mass is 32.1. The lowest BCUT2D eigenvalue weighted by Gasteiger charge is -2.21. The van der Waals surface area contributed by atoms with E-state index in [2.05, 4.69) is 12.2 Å². The van der Waals surface area contributed by atoms with Gasteiger partial charge in [-0.1, -0.05) is 0 Å². The number of aliphatic carboxylic acids is 2. The van der Waals surface area contributed by atoms with Crippen molar-refractivity contribution >= 4 is 29.2 Å². The topological polar surface area (TPSA) is 115 Å². The van der Waals surface area contributed by atoms with Crippen molar-refractivity contribution in [1.82, 2.24) is 0 Å². The lowest BCUT2D eigenvalue weighted by atomic mass is 9.97. The first kappa shape index (κ1) is 11.8. The molecule has 6 nitrogen and oxygen atoms in total. The molecule has 4 N–H and O–H groups in total. The molecule has 0 aliphatic rings. The number of carboxylic acid groups (broad SMARTS) is 2. The summed E-state index contributed by atoms with van der Waals surface area (Å²) in [5.41, 5.74) is -2.37. The van der Waals surface area contributed by atoms with Gasteiger partial charge in [-0.15, -0.1) is 0 Å². The summed E-state index contributed by atoms with van der Waals surface area (Å²) in [5, 5.41) is 33.5. The molecule has 0 spiro atoms. The summed E-state index contributed by atoms with van der Waals surface area (Å²) in [5.74, 6) is -2.89. The fourth-order valence-corrected chi connectivity index (χ4v) is 0.858. The van der Waals surface area contributed by atoms with Crippen LogP contribution in [-0.2, 0) is 9.59 Å². The molecule has 0 heterocycles. The monoisotopic (exact) mass is 208 g/mol. The van der Waals surface area contributed by atoms with Crippen LogP contribution in [0.15, 0.2) is 0 Å². The molecule has 0 saturated heterocycles. The zero-order chi connectivity index (χ0) is 10.6. The number of aliphatic hydroxyl groups is 2. The number of carboxylic acids is 2. The van der Waals surface area contributed by atoms with Crippen molar-refractivity contribution in [2.45, 2.75) is 18.4 Å². The molecule has 0 amide bonds. The number of rotatable bonds is 5. The van der Waals surface area contributed by atoms with E-state index >= 15 is 0 Å². The Kier molecular flexibility index (Phi) is 3.76. The third kappa shape index (κ3) is 3.81. The van der Waals surface area contributed by atoms with E-state index in [-0.39, 0.29) is 0 Å². The van der Waals surface area contributed by atoms with Gasteiger partial charge < -0.3 is 20.4 Å². The number of aliphatic hydroxyl groups excluding tert-OH is 1. The third-order valence-corrected chi connectivity index (χ3v) is 1.67. The minimum atomic E-state index is -2.37. The standard InChI is InChI=1S/C6H8O6S/c7-3(8)1-6(12,5(11)13)2-4(9)10/h12H,1-2H2,(H,7,8)(H,9,10)(H,11,13). The lowest BCUT2D eigenvalue weighted by molar-refractivity contribution is -0.145. The van der Waals surface area contributed by atoms with Gasteiger partial charge in [0, 0.05) is 0 Å². The average molecular weight is 208 g/mol. The highest BCUT2D eigenvalue weighted by Gasteiger charge is 2.37. The highest BCUT2D eigenvalue weighted by molar-refractivity contribution is 7.80. The lowest BCUT2D eigenvalue weighted by Crippen LogP contribution is -2.41. The second-order valence-corrected chi connectivity index (χ2v) is 2.86. The van der Waals surface area contributed by atoms with Crippen molar-refractivity contribution in [3.8, 4) is 0 Å². The maximum atomic E-state index is 10.2. The van der Waals surface area contributed by atoms with Gasteiger partial charge in [0.2, 0.25) is 0 Å². The van der Waals surface area contributed by atoms with Gasteiger partial charge in [-0.3, -0.25) is 9.59 Å². The van der Waals surface area contributed by atoms with Gasteiger partial charge >= 0.3 is 11.9 Å². The van der Waals surface area contributed by atoms with E-state index < -0.39 is 35.4 Å². The Morgan fingerprint density at radius 2 is 1.38 bits per heavy atom. The van der Waals surface area contributed by atoms with Crippen molar-refractivity contribution in [3.63, 3.8) is 0 Å². The molecular weight excluding hydrogens is 200 g/mol. The van der Waals surface area contributed by atoms with Gasteiger partial charge in [-0.25, -0.2) is 0 Å². The first-order chi connectivity index (χ1) is 5.78. The van der Waals surface area contributed by atoms with Gasteiger partial charge in [0.15, 0.2) is 10.7 Å². The molecule has 0 aromatic heterocycles. The van der Waals surface area contributed by atoms with E-state index in [1.54, 1.807) is 0 Å². The third-order valence-electron chi connectivity index (χ3n) is 1.29. The number of hydrogen-bond donors (Lipinski definition) is 4. The van der Waals surface area contributed by atoms with E-state index in [1.165, 1.54) is 0 Å². The molecule has 0 aromatic rings. The smallest absolute Gasteiger partial charge is 0.306 e. The quantitative estimate of drug-likeness (QED) is 0.452. The SMILES string of the molecule is O=C(O)CC(O)(CC(=O)O)C(O)=S. The first-order valence-corrected chi connectivity index (χ1v) is 3.58. The second-order valence-electron chi connectivity index (χ2n) is 2.48. The van der Waals surface area contributed by atoms with E-state index in [1.807, 2.05) is 0 Å². The van der Waals surface area contributed by atoms with Crippen LogP contribution in [-0.4, -0.2) is 43.0 Å². The van der Waals surface area contributed by atoms with E-state index in [0.717, 1.165) is 0 Å². The average Bonchev–Trinajstić information content (AvgIpc) is 1.82. The molecule has 0 aromatic carbocycles. The van der Waals surface area contributed by atoms with Crippen molar-refractivity contribution in [1.29, 1.82) is 0 Å². The largest absolute Gasteiger partial charge is 0.500 e. The zero-order valence-electron chi connectivity index (χ0n) is 6.43. The van der Waals surface area contributed by atoms with Crippen LogP contribution in [0.3, 0.4) is 0 Å². The molecule has 0 rings (SSSR count). The predicted molar refractivity (Wildman–Crippen MR) is 44.7 cm³/mol. The van der Waals surface area contributed by atoms with E-state index in [4.69, 9.17) is 15.3 Å². The Morgan fingerprint density at radius 1 is 1.08 bits per heavy atom. The maximum absolute atomic E-state index is 10.2. The van der Waals surface area contributed by atoms with Gasteiger partial charge in [0.25, 0.3) is 0 Å². The molecule has 0 unspecified atom stereocenters. The molecule has 0 saturated carbocycles. The number of thiocarbonyl (C=S) groups is 1. The van der Waals surface area contributed by atoms with Crippen molar-refractivity contribution in [3.05, 3.63) is 0 Å². The summed E-state index contributed by atoms with van der Waals surface area (Å²) >= 11 is 4.15. The van der Waals surface area contributed by atoms with Crippen LogP contribution in [0.5, 0.6) is 0 Å². The van der Waals surface area contributed by atoms with E-state index in [9.17, 15) is 14.7 Å². The van der Waals surface area contributed by atoms with Crippen LogP contribution < -0.4 is 0 Å².